The number of benzene rings is 1. The van der Waals surface area contributed by atoms with Crippen LogP contribution >= 0.6 is 0 Å². The molecule has 116 valence electrons. The zero-order chi connectivity index (χ0) is 14.8. The fourth-order valence-electron chi connectivity index (χ4n) is 3.82. The van der Waals surface area contributed by atoms with Crippen LogP contribution < -0.4 is 10.1 Å². The molecule has 1 fully saturated rings. The maximum atomic E-state index is 5.39. The van der Waals surface area contributed by atoms with Gasteiger partial charge in [-0.05, 0) is 43.3 Å². The minimum absolute atomic E-state index is 0.420. The van der Waals surface area contributed by atoms with E-state index in [1.807, 2.05) is 0 Å². The molecule has 0 bridgehead atoms. The van der Waals surface area contributed by atoms with E-state index in [2.05, 4.69) is 47.3 Å². The Bertz CT molecular complexity index is 483. The van der Waals surface area contributed by atoms with Crippen LogP contribution in [0.1, 0.15) is 24.1 Å². The highest BCUT2D eigenvalue weighted by Crippen LogP contribution is 2.36. The third kappa shape index (κ3) is 2.80. The Hall–Kier alpha value is -1.10. The van der Waals surface area contributed by atoms with Crippen LogP contribution in [0.3, 0.4) is 0 Å². The van der Waals surface area contributed by atoms with Crippen molar-refractivity contribution < 1.29 is 4.74 Å². The normalized spacial score (nSPS) is 26.8. The maximum absolute atomic E-state index is 5.39. The summed E-state index contributed by atoms with van der Waals surface area (Å²) < 4.78 is 5.39. The molecule has 1 N–H and O–H groups in total. The monoisotopic (exact) mass is 289 g/mol. The lowest BCUT2D eigenvalue weighted by Crippen LogP contribution is -2.52. The highest BCUT2D eigenvalue weighted by molar-refractivity contribution is 5.42. The smallest absolute Gasteiger partial charge is 0.119 e. The van der Waals surface area contributed by atoms with Gasteiger partial charge in [0, 0.05) is 38.3 Å². The van der Waals surface area contributed by atoms with Crippen LogP contribution in [-0.4, -0.2) is 62.7 Å². The van der Waals surface area contributed by atoms with E-state index in [9.17, 15) is 0 Å². The molecule has 0 saturated carbocycles. The highest BCUT2D eigenvalue weighted by Gasteiger charge is 2.36. The predicted octanol–water partition coefficient (Wildman–Crippen LogP) is 1.52. The zero-order valence-corrected chi connectivity index (χ0v) is 13.4. The first-order valence-electron chi connectivity index (χ1n) is 8.07. The quantitative estimate of drug-likeness (QED) is 0.909. The van der Waals surface area contributed by atoms with Gasteiger partial charge in [0.15, 0.2) is 0 Å². The van der Waals surface area contributed by atoms with Gasteiger partial charge in [0.2, 0.25) is 0 Å². The number of rotatable bonds is 4. The summed E-state index contributed by atoms with van der Waals surface area (Å²) in [7, 11) is 3.82. The van der Waals surface area contributed by atoms with Crippen LogP contribution in [0.5, 0.6) is 5.75 Å². The Kier molecular flexibility index (Phi) is 4.48. The standard InChI is InChI=1S/C17H27N3O/c1-4-19-7-9-20(10-8-19)16-11-13-5-6-14(21-3)12-15(13)17(16)18-2/h5-6,12,16-18H,4,7-11H2,1-3H3. The Morgan fingerprint density at radius 3 is 2.62 bits per heavy atom. The average Bonchev–Trinajstić information content (AvgIpc) is 2.92. The Labute approximate surface area is 128 Å². The van der Waals surface area contributed by atoms with Gasteiger partial charge in [0.25, 0.3) is 0 Å². The number of methoxy groups -OCH3 is 1. The Morgan fingerprint density at radius 1 is 1.24 bits per heavy atom. The zero-order valence-electron chi connectivity index (χ0n) is 13.4. The van der Waals surface area contributed by atoms with Gasteiger partial charge in [0.05, 0.1) is 7.11 Å². The molecular weight excluding hydrogens is 262 g/mol. The van der Waals surface area contributed by atoms with Crippen molar-refractivity contribution in [3.05, 3.63) is 29.3 Å². The van der Waals surface area contributed by atoms with Crippen LogP contribution in [0.15, 0.2) is 18.2 Å². The molecule has 4 heteroatoms. The van der Waals surface area contributed by atoms with Crippen molar-refractivity contribution in [2.45, 2.75) is 25.4 Å². The molecule has 1 heterocycles. The number of fused-ring (bicyclic) bond motifs is 1. The number of hydrogen-bond acceptors (Lipinski definition) is 4. The average molecular weight is 289 g/mol. The summed E-state index contributed by atoms with van der Waals surface area (Å²) in [6.45, 7) is 8.19. The number of nitrogens with zero attached hydrogens (tertiary/aromatic N) is 2. The Morgan fingerprint density at radius 2 is 2.00 bits per heavy atom. The van der Waals surface area contributed by atoms with Crippen LogP contribution in [0.4, 0.5) is 0 Å². The van der Waals surface area contributed by atoms with Gasteiger partial charge in [-0.1, -0.05) is 13.0 Å². The fraction of sp³-hybridized carbons (Fsp3) is 0.647. The van der Waals surface area contributed by atoms with Crippen molar-refractivity contribution in [3.63, 3.8) is 0 Å². The summed E-state index contributed by atoms with van der Waals surface area (Å²) in [6, 6.07) is 7.53. The van der Waals surface area contributed by atoms with Crippen molar-refractivity contribution in [2.75, 3.05) is 46.9 Å². The minimum Gasteiger partial charge on any atom is -0.497 e. The molecule has 1 aliphatic carbocycles. The number of nitrogens with one attached hydrogen (secondary N) is 1. The van der Waals surface area contributed by atoms with Crippen molar-refractivity contribution >= 4 is 0 Å². The molecular formula is C17H27N3O. The van der Waals surface area contributed by atoms with Gasteiger partial charge in [0.1, 0.15) is 5.75 Å². The molecule has 1 aliphatic heterocycles. The molecule has 2 atom stereocenters. The first kappa shape index (κ1) is 14.8. The van der Waals surface area contributed by atoms with Crippen LogP contribution in [-0.2, 0) is 6.42 Å². The van der Waals surface area contributed by atoms with Crippen LogP contribution in [0.25, 0.3) is 0 Å². The van der Waals surface area contributed by atoms with E-state index in [0.717, 1.165) is 12.2 Å². The van der Waals surface area contributed by atoms with Gasteiger partial charge in [-0.3, -0.25) is 4.90 Å². The van der Waals surface area contributed by atoms with E-state index < -0.39 is 0 Å². The fourth-order valence-corrected chi connectivity index (χ4v) is 3.82. The second-order valence-corrected chi connectivity index (χ2v) is 6.07. The van der Waals surface area contributed by atoms with Crippen molar-refractivity contribution in [1.82, 2.24) is 15.1 Å². The summed E-state index contributed by atoms with van der Waals surface area (Å²) in [5.41, 5.74) is 2.89. The van der Waals surface area contributed by atoms with E-state index in [0.29, 0.717) is 12.1 Å². The Balaban J connectivity index is 1.76. The summed E-state index contributed by atoms with van der Waals surface area (Å²) >= 11 is 0. The van der Waals surface area contributed by atoms with Gasteiger partial charge in [-0.15, -0.1) is 0 Å². The lowest BCUT2D eigenvalue weighted by atomic mass is 10.1. The molecule has 0 amide bonds. The van der Waals surface area contributed by atoms with Crippen molar-refractivity contribution in [3.8, 4) is 5.75 Å². The van der Waals surface area contributed by atoms with Crippen LogP contribution in [0.2, 0.25) is 0 Å². The van der Waals surface area contributed by atoms with E-state index in [1.165, 1.54) is 43.9 Å². The lowest BCUT2D eigenvalue weighted by Gasteiger charge is -2.39. The first-order chi connectivity index (χ1) is 10.3. The van der Waals surface area contributed by atoms with Crippen molar-refractivity contribution in [1.29, 1.82) is 0 Å². The second kappa shape index (κ2) is 6.34. The molecule has 21 heavy (non-hydrogen) atoms. The van der Waals surface area contributed by atoms with E-state index in [1.54, 1.807) is 7.11 Å². The second-order valence-electron chi connectivity index (χ2n) is 6.07. The molecule has 0 spiro atoms. The van der Waals surface area contributed by atoms with E-state index in [-0.39, 0.29) is 0 Å². The third-order valence-electron chi connectivity index (χ3n) is 5.14. The molecule has 2 unspecified atom stereocenters. The summed E-state index contributed by atoms with van der Waals surface area (Å²) in [5, 5.41) is 3.53. The molecule has 0 radical (unpaired) electrons. The maximum Gasteiger partial charge on any atom is 0.119 e. The van der Waals surface area contributed by atoms with Gasteiger partial charge in [-0.25, -0.2) is 0 Å². The summed E-state index contributed by atoms with van der Waals surface area (Å²) in [4.78, 5) is 5.20. The van der Waals surface area contributed by atoms with E-state index >= 15 is 0 Å². The van der Waals surface area contributed by atoms with Crippen molar-refractivity contribution in [2.24, 2.45) is 0 Å². The molecule has 3 rings (SSSR count). The molecule has 2 aliphatic rings. The molecule has 4 nitrogen and oxygen atoms in total. The van der Waals surface area contributed by atoms with Gasteiger partial charge < -0.3 is 15.0 Å². The number of piperazine rings is 1. The van der Waals surface area contributed by atoms with Gasteiger partial charge >= 0.3 is 0 Å². The third-order valence-corrected chi connectivity index (χ3v) is 5.14. The first-order valence-corrected chi connectivity index (χ1v) is 8.07. The summed E-state index contributed by atoms with van der Waals surface area (Å²) in [6.07, 6.45) is 1.15. The predicted molar refractivity (Wildman–Crippen MR) is 86.0 cm³/mol. The summed E-state index contributed by atoms with van der Waals surface area (Å²) in [5.74, 6) is 0.963. The highest BCUT2D eigenvalue weighted by atomic mass is 16.5. The van der Waals surface area contributed by atoms with Crippen LogP contribution in [0, 0.1) is 0 Å². The molecule has 1 saturated heterocycles. The largest absolute Gasteiger partial charge is 0.497 e. The molecule has 1 aromatic carbocycles. The van der Waals surface area contributed by atoms with Gasteiger partial charge in [-0.2, -0.15) is 0 Å². The van der Waals surface area contributed by atoms with E-state index in [4.69, 9.17) is 4.74 Å². The molecule has 0 aromatic heterocycles. The SMILES string of the molecule is CCN1CCN(C2Cc3ccc(OC)cc3C2NC)CC1. The number of hydrogen-bond donors (Lipinski definition) is 1. The number of ether oxygens (including phenoxy) is 1. The minimum atomic E-state index is 0.420. The number of likely N-dealkylation sites (N-methyl/N-ethyl adjacent to an activating group) is 2. The lowest BCUT2D eigenvalue weighted by molar-refractivity contribution is 0.0876. The molecule has 1 aromatic rings. The topological polar surface area (TPSA) is 27.7 Å².